The van der Waals surface area contributed by atoms with E-state index in [2.05, 4.69) is 47.0 Å². The third-order valence-corrected chi connectivity index (χ3v) is 10.1. The largest absolute Gasteiger partial charge is 0.382 e. The molecule has 0 aliphatic rings. The molecule has 1 aromatic carbocycles. The Hall–Kier alpha value is -2.52. The van der Waals surface area contributed by atoms with Crippen molar-refractivity contribution in [2.24, 2.45) is 0 Å². The summed E-state index contributed by atoms with van der Waals surface area (Å²) < 4.78 is 55.2. The van der Waals surface area contributed by atoms with Gasteiger partial charge in [-0.15, -0.1) is 0 Å². The van der Waals surface area contributed by atoms with Gasteiger partial charge in [-0.2, -0.15) is 0 Å². The highest BCUT2D eigenvalue weighted by Gasteiger charge is 2.12. The lowest BCUT2D eigenvalue weighted by molar-refractivity contribution is -0.112. The van der Waals surface area contributed by atoms with Crippen LogP contribution in [0, 0.1) is 0 Å². The van der Waals surface area contributed by atoms with E-state index in [1.54, 1.807) is 6.26 Å². The van der Waals surface area contributed by atoms with Gasteiger partial charge < -0.3 is 63.0 Å². The number of benzene rings is 1. The van der Waals surface area contributed by atoms with E-state index in [9.17, 15) is 4.79 Å². The highest BCUT2D eigenvalue weighted by atomic mass is 32.2. The summed E-state index contributed by atoms with van der Waals surface area (Å²) in [7, 11) is 2.15. The Morgan fingerprint density at radius 3 is 1.61 bits per heavy atom. The zero-order valence-electron chi connectivity index (χ0n) is 37.3. The molecule has 2 aromatic heterocycles. The maximum Gasteiger partial charge on any atom is 0.190 e. The number of aryl methyl sites for hydroxylation is 2. The Morgan fingerprint density at radius 2 is 1.11 bits per heavy atom. The first-order valence-electron chi connectivity index (χ1n) is 22.1. The second kappa shape index (κ2) is 35.9. The minimum Gasteiger partial charge on any atom is -0.382 e. The van der Waals surface area contributed by atoms with Crippen LogP contribution in [-0.4, -0.2) is 183 Å². The second-order valence-corrected chi connectivity index (χ2v) is 15.3. The van der Waals surface area contributed by atoms with Crippen molar-refractivity contribution in [2.75, 3.05) is 164 Å². The van der Waals surface area contributed by atoms with Gasteiger partial charge in [0.05, 0.1) is 138 Å². The van der Waals surface area contributed by atoms with Crippen LogP contribution in [0.5, 0.6) is 0 Å². The van der Waals surface area contributed by atoms with Crippen molar-refractivity contribution < 1.29 is 52.2 Å². The van der Waals surface area contributed by atoms with E-state index in [1.807, 2.05) is 0 Å². The van der Waals surface area contributed by atoms with Crippen LogP contribution < -0.4 is 5.73 Å². The Bertz CT molecular complexity index is 1540. The average molecular weight is 882 g/mol. The second-order valence-electron chi connectivity index (χ2n) is 14.4. The predicted molar refractivity (Wildman–Crippen MR) is 241 cm³/mol. The van der Waals surface area contributed by atoms with Gasteiger partial charge in [-0.05, 0) is 57.2 Å². The molecule has 0 atom stereocenters. The van der Waals surface area contributed by atoms with Gasteiger partial charge in [0.25, 0.3) is 0 Å². The molecule has 3 N–H and O–H groups in total. The maximum atomic E-state index is 11.1. The van der Waals surface area contributed by atoms with Gasteiger partial charge in [-0.1, -0.05) is 43.7 Å². The number of hydrogen-bond donors (Lipinski definition) is 2. The number of imidazole rings is 1. The lowest BCUT2D eigenvalue weighted by Crippen LogP contribution is -2.25. The molecule has 3 rings (SSSR count). The van der Waals surface area contributed by atoms with Crippen LogP contribution in [0.2, 0.25) is 0 Å². The Morgan fingerprint density at radius 1 is 0.623 bits per heavy atom. The summed E-state index contributed by atoms with van der Waals surface area (Å²) >= 11 is 1.22. The lowest BCUT2D eigenvalue weighted by atomic mass is 10.0. The third-order valence-electron chi connectivity index (χ3n) is 9.48. The van der Waals surface area contributed by atoms with Crippen molar-refractivity contribution in [3.63, 3.8) is 0 Å². The molecule has 17 heteroatoms. The van der Waals surface area contributed by atoms with E-state index in [4.69, 9.17) is 58.1 Å². The molecule has 0 fully saturated rings. The molecule has 0 radical (unpaired) electrons. The molecule has 3 aromatic rings. The van der Waals surface area contributed by atoms with E-state index in [0.29, 0.717) is 144 Å². The molecular formula is C44H75N5O11S. The fraction of sp³-hybridized carbons (Fsp3) is 0.750. The van der Waals surface area contributed by atoms with E-state index < -0.39 is 0 Å². The monoisotopic (exact) mass is 882 g/mol. The Labute approximate surface area is 367 Å². The van der Waals surface area contributed by atoms with Crippen LogP contribution in [0.1, 0.15) is 56.8 Å². The zero-order chi connectivity index (χ0) is 43.4. The molecule has 348 valence electrons. The lowest BCUT2D eigenvalue weighted by Gasteiger charge is -2.16. The number of nitrogens with zero attached hydrogens (tertiary/aromatic N) is 3. The fourth-order valence-corrected chi connectivity index (χ4v) is 6.32. The number of thioether (sulfide) groups is 1. The molecule has 0 amide bonds. The van der Waals surface area contributed by atoms with Crippen molar-refractivity contribution in [2.45, 2.75) is 58.3 Å². The predicted octanol–water partition coefficient (Wildman–Crippen LogP) is 5.13. The number of aromatic amines is 1. The molecule has 0 saturated heterocycles. The molecule has 2 heterocycles. The first kappa shape index (κ1) is 52.8. The van der Waals surface area contributed by atoms with Gasteiger partial charge in [-0.3, -0.25) is 4.79 Å². The van der Waals surface area contributed by atoms with E-state index in [-0.39, 0.29) is 5.12 Å². The number of nitrogen functional groups attached to an aromatic ring is 1. The van der Waals surface area contributed by atoms with E-state index in [0.717, 1.165) is 79.4 Å². The molecule has 0 unspecified atom stereocenters. The summed E-state index contributed by atoms with van der Waals surface area (Å²) in [5.41, 5.74) is 10.3. The molecule has 0 spiro atoms. The summed E-state index contributed by atoms with van der Waals surface area (Å²) in [5, 5.41) is 1.19. The first-order valence-corrected chi connectivity index (χ1v) is 23.3. The number of nitrogens with one attached hydrogen (secondary N) is 1. The molecule has 0 bridgehead atoms. The highest BCUT2D eigenvalue weighted by Crippen LogP contribution is 2.27. The highest BCUT2D eigenvalue weighted by molar-refractivity contribution is 8.13. The molecule has 61 heavy (non-hydrogen) atoms. The number of H-pyrrole nitrogens is 1. The normalized spacial score (nSPS) is 11.9. The minimum absolute atomic E-state index is 0.131. The number of likely N-dealkylation sites (N-methyl/N-ethyl adjacent to an activating group) is 1. The number of carbonyl (C=O) groups is 1. The van der Waals surface area contributed by atoms with Gasteiger partial charge in [0.15, 0.2) is 5.12 Å². The molecule has 0 saturated carbocycles. The molecular weight excluding hydrogens is 807 g/mol. The van der Waals surface area contributed by atoms with Gasteiger partial charge in [0, 0.05) is 24.8 Å². The Balaban J connectivity index is 0.981. The fourth-order valence-electron chi connectivity index (χ4n) is 6.03. The number of unbranched alkanes of at least 4 members (excludes halogenated alkanes) is 3. The number of pyridine rings is 1. The van der Waals surface area contributed by atoms with Crippen molar-refractivity contribution in [3.8, 4) is 0 Å². The standard InChI is InChI=1S/C44H75N5O11S/c1-4-5-10-40-47-42-38-12-11-37(36-39(38)46-44(45)43(42)48-40)9-7-6-8-14-49(2)15-17-52-19-21-54-23-25-56-27-29-58-31-33-60-35-34-59-32-30-57-28-26-55-24-22-53-20-18-51-16-13-41(50)61-3/h11-12,36H,4-10,13-35H2,1-3H3,(H2,45,46)(H,47,48). The zero-order valence-corrected chi connectivity index (χ0v) is 38.1. The van der Waals surface area contributed by atoms with Crippen LogP contribution >= 0.6 is 11.8 Å². The number of rotatable bonds is 42. The topological polar surface area (TPSA) is 180 Å². The van der Waals surface area contributed by atoms with Crippen LogP contribution in [0.25, 0.3) is 21.9 Å². The van der Waals surface area contributed by atoms with Crippen LogP contribution in [0.15, 0.2) is 18.2 Å². The molecule has 16 nitrogen and oxygen atoms in total. The average Bonchev–Trinajstić information content (AvgIpc) is 3.71. The van der Waals surface area contributed by atoms with Gasteiger partial charge in [0.1, 0.15) is 22.7 Å². The first-order chi connectivity index (χ1) is 30.0. The van der Waals surface area contributed by atoms with Crippen LogP contribution in [-0.2, 0) is 65.0 Å². The number of nitrogens with two attached hydrogens (primary N) is 1. The number of ether oxygens (including phenoxy) is 10. The van der Waals surface area contributed by atoms with Crippen molar-refractivity contribution in [1.82, 2.24) is 19.9 Å². The summed E-state index contributed by atoms with van der Waals surface area (Å²) in [4.78, 5) is 26.4. The number of hydrogen-bond acceptors (Lipinski definition) is 16. The van der Waals surface area contributed by atoms with Crippen molar-refractivity contribution in [1.29, 1.82) is 0 Å². The summed E-state index contributed by atoms with van der Waals surface area (Å²) in [6.07, 6.45) is 9.84. The maximum absolute atomic E-state index is 11.1. The van der Waals surface area contributed by atoms with Crippen LogP contribution in [0.3, 0.4) is 0 Å². The third kappa shape index (κ3) is 25.4. The SMILES string of the molecule is CCCCc1nc2c([nH]1)c(N)nc1cc(CCCCCN(C)CCOCCOCCOCCOCCOCCOCCOCCOCCOCCOCCC(=O)SC)ccc12. The summed E-state index contributed by atoms with van der Waals surface area (Å²) in [5.74, 6) is 1.50. The number of anilines is 1. The molecule has 0 aliphatic heterocycles. The van der Waals surface area contributed by atoms with E-state index in [1.165, 1.54) is 23.7 Å². The van der Waals surface area contributed by atoms with Gasteiger partial charge in [0.2, 0.25) is 0 Å². The quantitative estimate of drug-likeness (QED) is 0.0715. The molecule has 0 aliphatic carbocycles. The smallest absolute Gasteiger partial charge is 0.190 e. The van der Waals surface area contributed by atoms with Crippen molar-refractivity contribution >= 4 is 44.6 Å². The van der Waals surface area contributed by atoms with Gasteiger partial charge in [-0.25, -0.2) is 9.97 Å². The number of fused-ring (bicyclic) bond motifs is 3. The number of carbonyl (C=O) groups excluding carboxylic acids is 1. The summed E-state index contributed by atoms with van der Waals surface area (Å²) in [6.45, 7) is 14.4. The van der Waals surface area contributed by atoms with E-state index >= 15 is 0 Å². The van der Waals surface area contributed by atoms with Crippen molar-refractivity contribution in [3.05, 3.63) is 29.6 Å². The Kier molecular flexibility index (Phi) is 31.1. The number of aromatic nitrogens is 3. The minimum atomic E-state index is 0.131. The van der Waals surface area contributed by atoms with Gasteiger partial charge >= 0.3 is 0 Å². The summed E-state index contributed by atoms with van der Waals surface area (Å²) in [6, 6.07) is 6.52. The van der Waals surface area contributed by atoms with Crippen LogP contribution in [0.4, 0.5) is 5.82 Å².